The van der Waals surface area contributed by atoms with Crippen molar-refractivity contribution in [1.82, 2.24) is 0 Å². The van der Waals surface area contributed by atoms with E-state index in [2.05, 4.69) is 13.0 Å². The fraction of sp³-hybridized carbons (Fsp3) is 0.615. The highest BCUT2D eigenvalue weighted by molar-refractivity contribution is 5.82. The maximum Gasteiger partial charge on any atom is 0.331 e. The van der Waals surface area contributed by atoms with Crippen LogP contribution >= 0.6 is 0 Å². The van der Waals surface area contributed by atoms with E-state index in [-0.39, 0.29) is 5.97 Å². The minimum absolute atomic E-state index is 0.289. The van der Waals surface area contributed by atoms with Crippen LogP contribution in [0.5, 0.6) is 0 Å². The molecule has 0 aliphatic heterocycles. The molecule has 0 aromatic carbocycles. The van der Waals surface area contributed by atoms with Crippen molar-refractivity contribution in [3.63, 3.8) is 0 Å². The topological polar surface area (TPSA) is 26.3 Å². The van der Waals surface area contributed by atoms with Crippen LogP contribution in [0.1, 0.15) is 47.0 Å². The largest absolute Gasteiger partial charge is 0.457 e. The molecule has 86 valence electrons. The highest BCUT2D eigenvalue weighted by Gasteiger charge is 2.13. The van der Waals surface area contributed by atoms with E-state index in [4.69, 9.17) is 4.74 Å². The van der Waals surface area contributed by atoms with Gasteiger partial charge in [0.2, 0.25) is 0 Å². The fourth-order valence-electron chi connectivity index (χ4n) is 0.967. The molecule has 0 fully saturated rings. The SMILES string of the molecule is CCCCC=CC=CC(=O)OC(C)(C)C. The average Bonchev–Trinajstić information content (AvgIpc) is 2.08. The van der Waals surface area contributed by atoms with Crippen molar-refractivity contribution in [3.05, 3.63) is 24.3 Å². The van der Waals surface area contributed by atoms with E-state index in [1.165, 1.54) is 18.9 Å². The summed E-state index contributed by atoms with van der Waals surface area (Å²) in [5.41, 5.74) is -0.409. The summed E-state index contributed by atoms with van der Waals surface area (Å²) in [4.78, 5) is 11.2. The van der Waals surface area contributed by atoms with Gasteiger partial charge in [0.05, 0.1) is 0 Å². The summed E-state index contributed by atoms with van der Waals surface area (Å²) in [7, 11) is 0. The molecule has 0 saturated heterocycles. The maximum atomic E-state index is 11.2. The molecule has 0 N–H and O–H groups in total. The number of esters is 1. The molecule has 0 heterocycles. The Morgan fingerprint density at radius 2 is 1.93 bits per heavy atom. The highest BCUT2D eigenvalue weighted by Crippen LogP contribution is 2.07. The molecule has 0 unspecified atom stereocenters. The third-order valence-electron chi connectivity index (χ3n) is 1.61. The fourth-order valence-corrected chi connectivity index (χ4v) is 0.967. The summed E-state index contributed by atoms with van der Waals surface area (Å²) in [6.07, 6.45) is 10.6. The van der Waals surface area contributed by atoms with Crippen molar-refractivity contribution in [1.29, 1.82) is 0 Å². The van der Waals surface area contributed by atoms with E-state index < -0.39 is 5.60 Å². The van der Waals surface area contributed by atoms with E-state index in [9.17, 15) is 4.79 Å². The molecule has 0 radical (unpaired) electrons. The first-order valence-corrected chi connectivity index (χ1v) is 5.52. The van der Waals surface area contributed by atoms with Crippen molar-refractivity contribution in [3.8, 4) is 0 Å². The predicted molar refractivity (Wildman–Crippen MR) is 63.7 cm³/mol. The number of hydrogen-bond donors (Lipinski definition) is 0. The number of allylic oxidation sites excluding steroid dienone is 3. The van der Waals surface area contributed by atoms with Crippen LogP contribution in [0.3, 0.4) is 0 Å². The van der Waals surface area contributed by atoms with E-state index in [1.54, 1.807) is 6.08 Å². The summed E-state index contributed by atoms with van der Waals surface area (Å²) in [5, 5.41) is 0. The molecule has 2 nitrogen and oxygen atoms in total. The van der Waals surface area contributed by atoms with Crippen LogP contribution in [-0.4, -0.2) is 11.6 Å². The molecular weight excluding hydrogens is 188 g/mol. The zero-order valence-corrected chi connectivity index (χ0v) is 10.2. The van der Waals surface area contributed by atoms with Gasteiger partial charge in [0.1, 0.15) is 5.60 Å². The standard InChI is InChI=1S/C13H22O2/c1-5-6-7-8-9-10-11-12(14)15-13(2,3)4/h8-11H,5-7H2,1-4H3. The lowest BCUT2D eigenvalue weighted by molar-refractivity contribution is -0.148. The molecule has 0 rings (SSSR count). The molecule has 0 saturated carbocycles. The predicted octanol–water partition coefficient (Wildman–Crippen LogP) is 3.63. The summed E-state index contributed by atoms with van der Waals surface area (Å²) in [6.45, 7) is 7.73. The Balaban J connectivity index is 3.77. The molecule has 0 aromatic rings. The van der Waals surface area contributed by atoms with Crippen LogP contribution < -0.4 is 0 Å². The molecule has 2 heteroatoms. The van der Waals surface area contributed by atoms with Crippen molar-refractivity contribution >= 4 is 5.97 Å². The number of rotatable bonds is 5. The molecule has 0 spiro atoms. The van der Waals surface area contributed by atoms with E-state index >= 15 is 0 Å². The minimum Gasteiger partial charge on any atom is -0.457 e. The van der Waals surface area contributed by atoms with Gasteiger partial charge >= 0.3 is 5.97 Å². The quantitative estimate of drug-likeness (QED) is 0.300. The highest BCUT2D eigenvalue weighted by atomic mass is 16.6. The number of hydrogen-bond acceptors (Lipinski definition) is 2. The van der Waals surface area contributed by atoms with Crippen molar-refractivity contribution in [2.45, 2.75) is 52.6 Å². The summed E-state index contributed by atoms with van der Waals surface area (Å²) >= 11 is 0. The molecule has 0 aliphatic carbocycles. The van der Waals surface area contributed by atoms with Gasteiger partial charge in [-0.3, -0.25) is 0 Å². The van der Waals surface area contributed by atoms with Gasteiger partial charge < -0.3 is 4.74 Å². The van der Waals surface area contributed by atoms with Gasteiger partial charge in [-0.25, -0.2) is 4.79 Å². The summed E-state index contributed by atoms with van der Waals surface area (Å²) < 4.78 is 5.11. The van der Waals surface area contributed by atoms with Crippen LogP contribution in [0.15, 0.2) is 24.3 Å². The monoisotopic (exact) mass is 210 g/mol. The van der Waals surface area contributed by atoms with Crippen molar-refractivity contribution < 1.29 is 9.53 Å². The van der Waals surface area contributed by atoms with E-state index in [1.807, 2.05) is 26.8 Å². The van der Waals surface area contributed by atoms with Gasteiger partial charge in [0.15, 0.2) is 0 Å². The Labute approximate surface area is 93.0 Å². The molecule has 0 aliphatic rings. The third kappa shape index (κ3) is 10.9. The minimum atomic E-state index is -0.409. The van der Waals surface area contributed by atoms with Gasteiger partial charge in [-0.1, -0.05) is 38.0 Å². The first-order valence-electron chi connectivity index (χ1n) is 5.52. The Hall–Kier alpha value is -1.05. The van der Waals surface area contributed by atoms with Crippen LogP contribution in [0.4, 0.5) is 0 Å². The lowest BCUT2D eigenvalue weighted by Crippen LogP contribution is -2.22. The number of unbranched alkanes of at least 4 members (excludes halogenated alkanes) is 2. The molecule has 15 heavy (non-hydrogen) atoms. The molecule has 0 aromatic heterocycles. The molecule has 0 atom stereocenters. The molecular formula is C13H22O2. The van der Waals surface area contributed by atoms with Crippen molar-refractivity contribution in [2.24, 2.45) is 0 Å². The number of ether oxygens (including phenoxy) is 1. The van der Waals surface area contributed by atoms with Gasteiger partial charge in [0.25, 0.3) is 0 Å². The summed E-state index contributed by atoms with van der Waals surface area (Å²) in [6, 6.07) is 0. The van der Waals surface area contributed by atoms with Crippen molar-refractivity contribution in [2.75, 3.05) is 0 Å². The second kappa shape index (κ2) is 7.27. The second-order valence-electron chi connectivity index (χ2n) is 4.46. The summed E-state index contributed by atoms with van der Waals surface area (Å²) in [5.74, 6) is -0.289. The van der Waals surface area contributed by atoms with Gasteiger partial charge in [-0.2, -0.15) is 0 Å². The van der Waals surface area contributed by atoms with Crippen LogP contribution in [0.25, 0.3) is 0 Å². The molecule has 0 bridgehead atoms. The second-order valence-corrected chi connectivity index (χ2v) is 4.46. The lowest BCUT2D eigenvalue weighted by atomic mass is 10.2. The Bertz CT molecular complexity index is 231. The zero-order valence-electron chi connectivity index (χ0n) is 10.2. The number of carbonyl (C=O) groups is 1. The Morgan fingerprint density at radius 1 is 1.27 bits per heavy atom. The van der Waals surface area contributed by atoms with Crippen LogP contribution in [-0.2, 0) is 9.53 Å². The van der Waals surface area contributed by atoms with Crippen LogP contribution in [0, 0.1) is 0 Å². The number of carbonyl (C=O) groups excluding carboxylic acids is 1. The third-order valence-corrected chi connectivity index (χ3v) is 1.61. The van der Waals surface area contributed by atoms with Gasteiger partial charge in [-0.05, 0) is 27.2 Å². The first kappa shape index (κ1) is 13.9. The normalized spacial score (nSPS) is 12.5. The van der Waals surface area contributed by atoms with Gasteiger partial charge in [-0.15, -0.1) is 0 Å². The Morgan fingerprint density at radius 3 is 2.47 bits per heavy atom. The first-order chi connectivity index (χ1) is 6.95. The maximum absolute atomic E-state index is 11.2. The lowest BCUT2D eigenvalue weighted by Gasteiger charge is -2.17. The Kier molecular flexibility index (Phi) is 6.76. The molecule has 0 amide bonds. The van der Waals surface area contributed by atoms with E-state index in [0.29, 0.717) is 0 Å². The van der Waals surface area contributed by atoms with Gasteiger partial charge in [0, 0.05) is 6.08 Å². The zero-order chi connectivity index (χ0) is 11.7. The van der Waals surface area contributed by atoms with Crippen LogP contribution in [0.2, 0.25) is 0 Å². The average molecular weight is 210 g/mol. The van der Waals surface area contributed by atoms with E-state index in [0.717, 1.165) is 6.42 Å². The smallest absolute Gasteiger partial charge is 0.331 e.